The van der Waals surface area contributed by atoms with E-state index in [0.717, 1.165) is 65.4 Å². The average Bonchev–Trinajstić information content (AvgIpc) is 3.18. The van der Waals surface area contributed by atoms with Gasteiger partial charge in [0.15, 0.2) is 11.6 Å². The molecule has 0 saturated carbocycles. The third-order valence-electron chi connectivity index (χ3n) is 5.47. The molecule has 1 N–H and O–H groups in total. The minimum Gasteiger partial charge on any atom is -0.496 e. The standard InChI is InChI=1S/C24H27N5O2/c1-16-14-19-20(15-22(16)31-3)29-17(2)27-28-24(29)23(26-19)25-13-9-5-8-12-21(30)18-10-6-4-7-11-18/h4,6-7,10-11,14-15H,5,8-9,12-13H2,1-3H3,(H,25,26). The summed E-state index contributed by atoms with van der Waals surface area (Å²) < 4.78 is 7.48. The molecule has 0 atom stereocenters. The SMILES string of the molecule is COc1cc2c(cc1C)nc(NCCCCCC(=O)c1ccccc1)c1nnc(C)n12. The lowest BCUT2D eigenvalue weighted by atomic mass is 10.0. The van der Waals surface area contributed by atoms with Gasteiger partial charge < -0.3 is 10.1 Å². The van der Waals surface area contributed by atoms with Crippen molar-refractivity contribution in [3.8, 4) is 5.75 Å². The fourth-order valence-corrected chi connectivity index (χ4v) is 3.81. The molecule has 4 aromatic rings. The summed E-state index contributed by atoms with van der Waals surface area (Å²) in [5.74, 6) is 2.54. The number of carbonyl (C=O) groups is 1. The van der Waals surface area contributed by atoms with Crippen LogP contribution in [0.1, 0.15) is 47.4 Å². The highest BCUT2D eigenvalue weighted by molar-refractivity contribution is 5.95. The summed E-state index contributed by atoms with van der Waals surface area (Å²) in [6, 6.07) is 13.5. The lowest BCUT2D eigenvalue weighted by molar-refractivity contribution is 0.0979. The molecule has 0 bridgehead atoms. The Balaban J connectivity index is 1.41. The molecule has 0 spiro atoms. The van der Waals surface area contributed by atoms with Crippen LogP contribution in [0, 0.1) is 13.8 Å². The monoisotopic (exact) mass is 417 g/mol. The van der Waals surface area contributed by atoms with Crippen molar-refractivity contribution < 1.29 is 9.53 Å². The molecule has 0 amide bonds. The molecular formula is C24H27N5O2. The maximum absolute atomic E-state index is 12.2. The quantitative estimate of drug-likeness (QED) is 0.312. The summed E-state index contributed by atoms with van der Waals surface area (Å²) in [6.45, 7) is 4.70. The Kier molecular flexibility index (Phi) is 6.11. The van der Waals surface area contributed by atoms with Crippen LogP contribution in [-0.2, 0) is 0 Å². The van der Waals surface area contributed by atoms with Gasteiger partial charge in [0.05, 0.1) is 18.1 Å². The van der Waals surface area contributed by atoms with E-state index in [4.69, 9.17) is 9.72 Å². The highest BCUT2D eigenvalue weighted by Crippen LogP contribution is 2.28. The smallest absolute Gasteiger partial charge is 0.204 e. The first-order valence-corrected chi connectivity index (χ1v) is 10.6. The predicted molar refractivity (Wildman–Crippen MR) is 122 cm³/mol. The number of methoxy groups -OCH3 is 1. The number of fused-ring (bicyclic) bond motifs is 3. The zero-order valence-electron chi connectivity index (χ0n) is 18.2. The highest BCUT2D eigenvalue weighted by Gasteiger charge is 2.15. The van der Waals surface area contributed by atoms with Crippen molar-refractivity contribution in [1.82, 2.24) is 19.6 Å². The largest absolute Gasteiger partial charge is 0.496 e. The average molecular weight is 418 g/mol. The number of carbonyl (C=O) groups excluding carboxylic acids is 1. The number of aryl methyl sites for hydroxylation is 2. The van der Waals surface area contributed by atoms with Crippen LogP contribution in [0.5, 0.6) is 5.75 Å². The van der Waals surface area contributed by atoms with Crippen molar-refractivity contribution in [1.29, 1.82) is 0 Å². The number of benzene rings is 2. The van der Waals surface area contributed by atoms with Crippen LogP contribution in [-0.4, -0.2) is 39.0 Å². The Bertz CT molecular complexity index is 1220. The maximum atomic E-state index is 12.2. The number of nitrogens with zero attached hydrogens (tertiary/aromatic N) is 4. The fraction of sp³-hybridized carbons (Fsp3) is 0.333. The van der Waals surface area contributed by atoms with E-state index in [9.17, 15) is 4.79 Å². The number of nitrogens with one attached hydrogen (secondary N) is 1. The van der Waals surface area contributed by atoms with E-state index in [1.807, 2.05) is 60.7 Å². The molecule has 31 heavy (non-hydrogen) atoms. The third kappa shape index (κ3) is 4.35. The van der Waals surface area contributed by atoms with Crippen LogP contribution in [0.4, 0.5) is 5.82 Å². The molecular weight excluding hydrogens is 390 g/mol. The molecule has 0 fully saturated rings. The van der Waals surface area contributed by atoms with Crippen molar-refractivity contribution >= 4 is 28.3 Å². The van der Waals surface area contributed by atoms with Gasteiger partial charge in [-0.2, -0.15) is 0 Å². The summed E-state index contributed by atoms with van der Waals surface area (Å²) in [4.78, 5) is 17.0. The van der Waals surface area contributed by atoms with E-state index < -0.39 is 0 Å². The Morgan fingerprint density at radius 2 is 1.87 bits per heavy atom. The van der Waals surface area contributed by atoms with Gasteiger partial charge in [0.2, 0.25) is 5.65 Å². The lowest BCUT2D eigenvalue weighted by Gasteiger charge is -2.12. The zero-order chi connectivity index (χ0) is 21.8. The van der Waals surface area contributed by atoms with Gasteiger partial charge in [-0.15, -0.1) is 10.2 Å². The van der Waals surface area contributed by atoms with E-state index in [0.29, 0.717) is 12.1 Å². The zero-order valence-corrected chi connectivity index (χ0v) is 18.2. The van der Waals surface area contributed by atoms with Gasteiger partial charge in [0.25, 0.3) is 0 Å². The van der Waals surface area contributed by atoms with E-state index >= 15 is 0 Å². The van der Waals surface area contributed by atoms with E-state index in [-0.39, 0.29) is 5.78 Å². The van der Waals surface area contributed by atoms with Gasteiger partial charge >= 0.3 is 0 Å². The molecule has 2 aromatic carbocycles. The van der Waals surface area contributed by atoms with Crippen LogP contribution in [0.15, 0.2) is 42.5 Å². The number of Topliss-reactive ketones (excluding diaryl/α,β-unsaturated/α-hetero) is 1. The summed E-state index contributed by atoms with van der Waals surface area (Å²) in [5, 5.41) is 12.0. The molecule has 0 unspecified atom stereocenters. The number of aromatic nitrogens is 4. The first kappa shape index (κ1) is 20.8. The highest BCUT2D eigenvalue weighted by atomic mass is 16.5. The minimum absolute atomic E-state index is 0.205. The second kappa shape index (κ2) is 9.12. The number of anilines is 1. The van der Waals surface area contributed by atoms with Gasteiger partial charge in [-0.25, -0.2) is 4.98 Å². The summed E-state index contributed by atoms with van der Waals surface area (Å²) in [6.07, 6.45) is 3.37. The maximum Gasteiger partial charge on any atom is 0.204 e. The van der Waals surface area contributed by atoms with Crippen LogP contribution in [0.25, 0.3) is 16.7 Å². The number of hydrogen-bond acceptors (Lipinski definition) is 6. The molecule has 7 heteroatoms. The van der Waals surface area contributed by atoms with Gasteiger partial charge in [0.1, 0.15) is 11.6 Å². The van der Waals surface area contributed by atoms with Crippen LogP contribution in [0.2, 0.25) is 0 Å². The molecule has 0 radical (unpaired) electrons. The fourth-order valence-electron chi connectivity index (χ4n) is 3.81. The van der Waals surface area contributed by atoms with Gasteiger partial charge in [-0.3, -0.25) is 9.20 Å². The molecule has 0 saturated heterocycles. The van der Waals surface area contributed by atoms with Crippen molar-refractivity contribution in [2.75, 3.05) is 19.0 Å². The second-order valence-electron chi connectivity index (χ2n) is 7.70. The topological polar surface area (TPSA) is 81.4 Å². The molecule has 160 valence electrons. The van der Waals surface area contributed by atoms with E-state index in [2.05, 4.69) is 15.5 Å². The normalized spacial score (nSPS) is 11.2. The number of ether oxygens (including phenoxy) is 1. The van der Waals surface area contributed by atoms with Crippen molar-refractivity contribution in [3.63, 3.8) is 0 Å². The number of rotatable bonds is 9. The van der Waals surface area contributed by atoms with E-state index in [1.54, 1.807) is 7.11 Å². The van der Waals surface area contributed by atoms with Gasteiger partial charge in [-0.1, -0.05) is 36.8 Å². The second-order valence-corrected chi connectivity index (χ2v) is 7.70. The van der Waals surface area contributed by atoms with Crippen molar-refractivity contribution in [3.05, 3.63) is 59.4 Å². The molecule has 0 aliphatic heterocycles. The van der Waals surface area contributed by atoms with Crippen molar-refractivity contribution in [2.45, 2.75) is 39.5 Å². The number of hydrogen-bond donors (Lipinski definition) is 1. The minimum atomic E-state index is 0.205. The first-order chi connectivity index (χ1) is 15.1. The molecule has 2 heterocycles. The van der Waals surface area contributed by atoms with E-state index in [1.165, 1.54) is 0 Å². The Morgan fingerprint density at radius 3 is 2.65 bits per heavy atom. The Labute approximate surface area is 181 Å². The number of ketones is 1. The summed E-state index contributed by atoms with van der Waals surface area (Å²) in [5.41, 5.74) is 4.31. The number of unbranched alkanes of at least 4 members (excludes halogenated alkanes) is 2. The predicted octanol–water partition coefficient (Wildman–Crippen LogP) is 4.76. The third-order valence-corrected chi connectivity index (χ3v) is 5.47. The Hall–Kier alpha value is -3.48. The van der Waals surface area contributed by atoms with Crippen LogP contribution < -0.4 is 10.1 Å². The van der Waals surface area contributed by atoms with Gasteiger partial charge in [0, 0.05) is 24.6 Å². The van der Waals surface area contributed by atoms with Crippen molar-refractivity contribution in [2.24, 2.45) is 0 Å². The molecule has 7 nitrogen and oxygen atoms in total. The molecule has 2 aromatic heterocycles. The Morgan fingerprint density at radius 1 is 1.06 bits per heavy atom. The summed E-state index contributed by atoms with van der Waals surface area (Å²) in [7, 11) is 1.67. The van der Waals surface area contributed by atoms with Crippen LogP contribution in [0.3, 0.4) is 0 Å². The molecule has 4 rings (SSSR count). The summed E-state index contributed by atoms with van der Waals surface area (Å²) >= 11 is 0. The van der Waals surface area contributed by atoms with Crippen LogP contribution >= 0.6 is 0 Å². The van der Waals surface area contributed by atoms with Gasteiger partial charge in [-0.05, 0) is 38.3 Å². The molecule has 0 aliphatic rings. The lowest BCUT2D eigenvalue weighted by Crippen LogP contribution is -2.07. The first-order valence-electron chi connectivity index (χ1n) is 10.6. The molecule has 0 aliphatic carbocycles.